The van der Waals surface area contributed by atoms with Gasteiger partial charge in [0.05, 0.1) is 17.8 Å². The number of fused-ring (bicyclic) bond motifs is 1. The predicted molar refractivity (Wildman–Crippen MR) is 113 cm³/mol. The molecule has 4 rings (SSSR count). The Morgan fingerprint density at radius 2 is 2.07 bits per heavy atom. The molecule has 8 heteroatoms. The predicted octanol–water partition coefficient (Wildman–Crippen LogP) is 3.32. The van der Waals surface area contributed by atoms with Crippen molar-refractivity contribution >= 4 is 11.6 Å². The zero-order chi connectivity index (χ0) is 21.3. The Hall–Kier alpha value is -3.50. The van der Waals surface area contributed by atoms with Crippen molar-refractivity contribution in [2.75, 3.05) is 0 Å². The third-order valence-electron chi connectivity index (χ3n) is 5.25. The molecule has 1 aliphatic rings. The van der Waals surface area contributed by atoms with Gasteiger partial charge in [0, 0.05) is 42.3 Å². The first kappa shape index (κ1) is 19.8. The van der Waals surface area contributed by atoms with Gasteiger partial charge in [-0.2, -0.15) is 5.26 Å². The fourth-order valence-corrected chi connectivity index (χ4v) is 3.91. The minimum absolute atomic E-state index is 0.0154. The average Bonchev–Trinajstić information content (AvgIpc) is 3.23. The van der Waals surface area contributed by atoms with Gasteiger partial charge in [0.15, 0.2) is 0 Å². The molecule has 0 radical (unpaired) electrons. The third kappa shape index (κ3) is 3.58. The molecule has 30 heavy (non-hydrogen) atoms. The first-order valence-corrected chi connectivity index (χ1v) is 9.90. The van der Waals surface area contributed by atoms with Crippen molar-refractivity contribution in [3.05, 3.63) is 92.7 Å². The van der Waals surface area contributed by atoms with E-state index in [1.54, 1.807) is 47.4 Å². The first-order chi connectivity index (χ1) is 14.5. The van der Waals surface area contributed by atoms with Crippen LogP contribution < -0.4 is 16.0 Å². The summed E-state index contributed by atoms with van der Waals surface area (Å²) in [6.45, 7) is 3.14. The van der Waals surface area contributed by atoms with Crippen molar-refractivity contribution in [2.24, 2.45) is 5.73 Å². The summed E-state index contributed by atoms with van der Waals surface area (Å²) in [5.41, 5.74) is 8.00. The number of imidazole rings is 1. The van der Waals surface area contributed by atoms with Gasteiger partial charge in [-0.3, -0.25) is 4.79 Å². The molecule has 0 saturated carbocycles. The van der Waals surface area contributed by atoms with E-state index in [1.807, 2.05) is 17.7 Å². The van der Waals surface area contributed by atoms with Crippen LogP contribution in [0.5, 0.6) is 5.75 Å². The lowest BCUT2D eigenvalue weighted by Crippen LogP contribution is -2.33. The van der Waals surface area contributed by atoms with Crippen molar-refractivity contribution in [3.63, 3.8) is 0 Å². The molecule has 1 aliphatic heterocycles. The molecule has 0 spiro atoms. The summed E-state index contributed by atoms with van der Waals surface area (Å²) in [6, 6.07) is 11.0. The molecule has 0 fully saturated rings. The lowest BCUT2D eigenvalue weighted by molar-refractivity contribution is 0.387. The Labute approximate surface area is 178 Å². The van der Waals surface area contributed by atoms with Crippen LogP contribution in [-0.2, 0) is 13.1 Å². The number of halogens is 1. The van der Waals surface area contributed by atoms with Gasteiger partial charge in [-0.1, -0.05) is 23.7 Å². The second kappa shape index (κ2) is 8.09. The molecular weight excluding hydrogens is 402 g/mol. The van der Waals surface area contributed by atoms with Crippen molar-refractivity contribution in [2.45, 2.75) is 32.4 Å². The molecule has 7 nitrogen and oxygen atoms in total. The molecule has 3 heterocycles. The lowest BCUT2D eigenvalue weighted by atomic mass is 9.84. The van der Waals surface area contributed by atoms with E-state index in [1.165, 1.54) is 0 Å². The zero-order valence-corrected chi connectivity index (χ0v) is 17.1. The van der Waals surface area contributed by atoms with Crippen LogP contribution in [0.1, 0.15) is 29.2 Å². The normalized spacial score (nSPS) is 15.4. The van der Waals surface area contributed by atoms with E-state index in [4.69, 9.17) is 22.1 Å². The van der Waals surface area contributed by atoms with E-state index in [2.05, 4.69) is 11.1 Å². The van der Waals surface area contributed by atoms with Crippen LogP contribution in [-0.4, -0.2) is 14.1 Å². The quantitative estimate of drug-likeness (QED) is 0.681. The maximum Gasteiger partial charge on any atom is 0.258 e. The van der Waals surface area contributed by atoms with Gasteiger partial charge >= 0.3 is 0 Å². The number of pyridine rings is 1. The second-order valence-electron chi connectivity index (χ2n) is 7.15. The minimum atomic E-state index is -0.607. The number of hydrogen-bond acceptors (Lipinski definition) is 5. The molecule has 0 aliphatic carbocycles. The number of rotatable bonds is 5. The number of hydrogen-bond donors (Lipinski definition) is 1. The molecule has 2 N–H and O–H groups in total. The van der Waals surface area contributed by atoms with E-state index in [0.29, 0.717) is 22.9 Å². The summed E-state index contributed by atoms with van der Waals surface area (Å²) in [7, 11) is 0. The Morgan fingerprint density at radius 3 is 2.73 bits per heavy atom. The minimum Gasteiger partial charge on any atom is -0.440 e. The number of nitriles is 1. The van der Waals surface area contributed by atoms with E-state index in [0.717, 1.165) is 24.2 Å². The van der Waals surface area contributed by atoms with Gasteiger partial charge in [-0.15, -0.1) is 0 Å². The highest BCUT2D eigenvalue weighted by molar-refractivity contribution is 6.30. The molecule has 1 unspecified atom stereocenters. The number of benzene rings is 1. The number of nitrogens with two attached hydrogens (primary N) is 1. The average molecular weight is 422 g/mol. The van der Waals surface area contributed by atoms with Gasteiger partial charge in [-0.05, 0) is 31.0 Å². The molecule has 0 amide bonds. The monoisotopic (exact) mass is 421 g/mol. The van der Waals surface area contributed by atoms with Gasteiger partial charge in [0.25, 0.3) is 5.56 Å². The smallest absolute Gasteiger partial charge is 0.258 e. The molecular formula is C22H20ClN5O2. The van der Waals surface area contributed by atoms with Crippen LogP contribution >= 0.6 is 11.6 Å². The van der Waals surface area contributed by atoms with Crippen LogP contribution in [0, 0.1) is 18.3 Å². The Balaban J connectivity index is 1.77. The summed E-state index contributed by atoms with van der Waals surface area (Å²) in [5.74, 6) is -0.203. The highest BCUT2D eigenvalue weighted by Crippen LogP contribution is 2.40. The van der Waals surface area contributed by atoms with Crippen LogP contribution in [0.4, 0.5) is 0 Å². The summed E-state index contributed by atoms with van der Waals surface area (Å²) < 4.78 is 9.36. The fourth-order valence-electron chi connectivity index (χ4n) is 3.78. The molecule has 2 aromatic heterocycles. The molecule has 3 aromatic rings. The Bertz CT molecular complexity index is 1200. The van der Waals surface area contributed by atoms with Crippen LogP contribution in [0.25, 0.3) is 0 Å². The maximum absolute atomic E-state index is 13.5. The van der Waals surface area contributed by atoms with Gasteiger partial charge in [0.1, 0.15) is 17.4 Å². The molecule has 0 bridgehead atoms. The van der Waals surface area contributed by atoms with Crippen molar-refractivity contribution in [3.8, 4) is 11.8 Å². The maximum atomic E-state index is 13.5. The number of aromatic nitrogens is 3. The van der Waals surface area contributed by atoms with Crippen molar-refractivity contribution in [1.82, 2.24) is 14.1 Å². The summed E-state index contributed by atoms with van der Waals surface area (Å²) in [4.78, 5) is 17.5. The number of aryl methyl sites for hydroxylation is 2. The number of nitrogens with zero attached hydrogens (tertiary/aromatic N) is 4. The molecule has 0 saturated heterocycles. The first-order valence-electron chi connectivity index (χ1n) is 9.52. The van der Waals surface area contributed by atoms with Crippen molar-refractivity contribution in [1.29, 1.82) is 5.26 Å². The highest BCUT2D eigenvalue weighted by atomic mass is 35.5. The lowest BCUT2D eigenvalue weighted by Gasteiger charge is -2.27. The van der Waals surface area contributed by atoms with Gasteiger partial charge in [-0.25, -0.2) is 4.98 Å². The Morgan fingerprint density at radius 1 is 1.30 bits per heavy atom. The topological polar surface area (TPSA) is 98.9 Å². The number of ether oxygens (including phenoxy) is 1. The van der Waals surface area contributed by atoms with E-state index in [-0.39, 0.29) is 17.0 Å². The van der Waals surface area contributed by atoms with Crippen LogP contribution in [0.3, 0.4) is 0 Å². The van der Waals surface area contributed by atoms with Crippen LogP contribution in [0.15, 0.2) is 65.3 Å². The molecule has 1 atom stereocenters. The zero-order valence-electron chi connectivity index (χ0n) is 16.4. The molecule has 1 aromatic carbocycles. The van der Waals surface area contributed by atoms with Gasteiger partial charge < -0.3 is 19.6 Å². The van der Waals surface area contributed by atoms with Crippen molar-refractivity contribution < 1.29 is 4.74 Å². The van der Waals surface area contributed by atoms with Gasteiger partial charge in [0.2, 0.25) is 5.88 Å². The van der Waals surface area contributed by atoms with Crippen LogP contribution in [0.2, 0.25) is 5.02 Å². The van der Waals surface area contributed by atoms with E-state index in [9.17, 15) is 10.1 Å². The Kier molecular flexibility index (Phi) is 5.34. The third-order valence-corrected chi connectivity index (χ3v) is 5.50. The SMILES string of the molecule is Cc1cc2c(c(=O)n1CCCn1ccnc1)C(c1ccc(Cl)cc1)C(C#N)=C(N)O2. The summed E-state index contributed by atoms with van der Waals surface area (Å²) in [5, 5.41) is 10.3. The molecule has 152 valence electrons. The summed E-state index contributed by atoms with van der Waals surface area (Å²) in [6.07, 6.45) is 6.12. The highest BCUT2D eigenvalue weighted by Gasteiger charge is 2.34. The second-order valence-corrected chi connectivity index (χ2v) is 7.59. The number of allylic oxidation sites excluding steroid dienone is 1. The standard InChI is InChI=1S/C22H20ClN5O2/c1-14-11-18-20(22(29)28(14)9-2-8-27-10-7-26-13-27)19(17(12-24)21(25)30-18)15-3-5-16(23)6-4-15/h3-7,10-11,13,19H,2,8-9,25H2,1H3. The summed E-state index contributed by atoms with van der Waals surface area (Å²) >= 11 is 6.03. The van der Waals surface area contributed by atoms with E-state index >= 15 is 0 Å². The fraction of sp³-hybridized carbons (Fsp3) is 0.227. The van der Waals surface area contributed by atoms with E-state index < -0.39 is 5.92 Å². The largest absolute Gasteiger partial charge is 0.440 e.